The smallest absolute Gasteiger partial charge is 0.393 e. The number of fused-ring (bicyclic) bond motifs is 2. The van der Waals surface area contributed by atoms with Gasteiger partial charge in [-0.25, -0.2) is 19.7 Å². The minimum absolute atomic E-state index is 0.0754. The fraction of sp³-hybridized carbons (Fsp3) is 0.320. The van der Waals surface area contributed by atoms with Crippen molar-refractivity contribution in [3.63, 3.8) is 0 Å². The lowest BCUT2D eigenvalue weighted by molar-refractivity contribution is -0.165. The number of halogens is 3. The number of hydrogen-bond acceptors (Lipinski definition) is 8. The molecule has 206 valence electrons. The van der Waals surface area contributed by atoms with Crippen LogP contribution in [-0.4, -0.2) is 52.5 Å². The maximum Gasteiger partial charge on any atom is 0.401 e. The second-order valence-corrected chi connectivity index (χ2v) is 10.2. The quantitative estimate of drug-likeness (QED) is 0.251. The van der Waals surface area contributed by atoms with Gasteiger partial charge in [-0.1, -0.05) is 5.16 Å². The number of carbonyl (C=O) groups excluding carboxylic acids is 1. The van der Waals surface area contributed by atoms with Gasteiger partial charge in [0.15, 0.2) is 17.2 Å². The number of pyridine rings is 1. The topological polar surface area (TPSA) is 161 Å². The van der Waals surface area contributed by atoms with Crippen LogP contribution in [0.15, 0.2) is 47.6 Å². The molecule has 40 heavy (non-hydrogen) atoms. The number of imidazole rings is 1. The lowest BCUT2D eigenvalue weighted by atomic mass is 9.89. The van der Waals surface area contributed by atoms with Crippen molar-refractivity contribution >= 4 is 40.0 Å². The van der Waals surface area contributed by atoms with Crippen LogP contribution in [0.2, 0.25) is 0 Å². The average molecular weight is 554 g/mol. The molecule has 0 unspecified atom stereocenters. The van der Waals surface area contributed by atoms with E-state index < -0.39 is 17.6 Å². The first-order chi connectivity index (χ1) is 19.1. The number of aliphatic hydroxyl groups excluding tert-OH is 1. The molecule has 5 aromatic heterocycles. The Kier molecular flexibility index (Phi) is 5.13. The van der Waals surface area contributed by atoms with E-state index in [4.69, 9.17) is 10.3 Å². The van der Waals surface area contributed by atoms with Crippen LogP contribution in [0.4, 0.5) is 35.3 Å². The molecule has 0 radical (unpaired) electrons. The van der Waals surface area contributed by atoms with Crippen LogP contribution in [0.3, 0.4) is 0 Å². The highest BCUT2D eigenvalue weighted by Crippen LogP contribution is 2.59. The molecule has 2 aliphatic rings. The molecule has 0 saturated heterocycles. The first kappa shape index (κ1) is 24.4. The number of rotatable bonds is 5. The summed E-state index contributed by atoms with van der Waals surface area (Å²) in [7, 11) is 0. The predicted octanol–water partition coefficient (Wildman–Crippen LogP) is 4.25. The highest BCUT2D eigenvalue weighted by Gasteiger charge is 2.66. The number of hydrogen-bond donors (Lipinski definition) is 4. The number of carbonyl (C=O) groups is 1. The first-order valence-corrected chi connectivity index (χ1v) is 12.5. The lowest BCUT2D eigenvalue weighted by Gasteiger charge is -2.32. The highest BCUT2D eigenvalue weighted by atomic mass is 19.4. The molecular weight excluding hydrogens is 531 g/mol. The molecule has 0 aromatic carbocycles. The van der Waals surface area contributed by atoms with Crippen molar-refractivity contribution < 1.29 is 27.6 Å². The summed E-state index contributed by atoms with van der Waals surface area (Å²) in [4.78, 5) is 25.7. The third kappa shape index (κ3) is 3.68. The van der Waals surface area contributed by atoms with E-state index in [2.05, 4.69) is 30.7 Å². The first-order valence-electron chi connectivity index (χ1n) is 12.5. The van der Waals surface area contributed by atoms with E-state index in [-0.39, 0.29) is 36.6 Å². The molecule has 15 heteroatoms. The lowest BCUT2D eigenvalue weighted by Crippen LogP contribution is -2.30. The van der Waals surface area contributed by atoms with Crippen LogP contribution < -0.4 is 16.4 Å². The molecule has 7 rings (SSSR count). The molecule has 0 atom stereocenters. The molecule has 12 nitrogen and oxygen atoms in total. The SMILES string of the molecule is Nc1ncnc2c1c(-c1ccc(NC(=O)Nc3cc(C4(C(F)(F)F)CC4)on3)c3nccn13)cn2C1CC(O)C1. The van der Waals surface area contributed by atoms with Crippen molar-refractivity contribution in [3.8, 4) is 11.3 Å². The zero-order chi connectivity index (χ0) is 27.8. The molecule has 5 heterocycles. The van der Waals surface area contributed by atoms with E-state index in [1.54, 1.807) is 28.9 Å². The van der Waals surface area contributed by atoms with E-state index in [0.717, 1.165) is 11.6 Å². The standard InChI is InChI=1S/C25H22F3N9O3/c26-25(27,28)24(3-4-24)17-9-18(35-40-17)34-23(39)33-15-1-2-16(36-6-5-30-21(15)36)14-10-37(12-7-13(38)8-12)22-19(14)20(29)31-11-32-22/h1-2,5-6,9-13,38H,3-4,7-8H2,(H2,29,31,32)(H2,33,34,35,39). The molecule has 2 aliphatic carbocycles. The minimum atomic E-state index is -4.46. The van der Waals surface area contributed by atoms with Crippen molar-refractivity contribution in [2.24, 2.45) is 0 Å². The van der Waals surface area contributed by atoms with Gasteiger partial charge in [0, 0.05) is 36.3 Å². The van der Waals surface area contributed by atoms with Gasteiger partial charge in [-0.05, 0) is 37.8 Å². The van der Waals surface area contributed by atoms with Gasteiger partial charge in [0.05, 0.1) is 22.9 Å². The summed E-state index contributed by atoms with van der Waals surface area (Å²) in [6.07, 6.45) is 2.85. The van der Waals surface area contributed by atoms with Crippen LogP contribution in [0.1, 0.15) is 37.5 Å². The van der Waals surface area contributed by atoms with Crippen LogP contribution in [0.5, 0.6) is 0 Å². The Morgan fingerprint density at radius 2 is 1.95 bits per heavy atom. The second kappa shape index (κ2) is 8.42. The van der Waals surface area contributed by atoms with Gasteiger partial charge in [-0.3, -0.25) is 9.72 Å². The normalized spacial score (nSPS) is 20.0. The molecule has 5 N–H and O–H groups in total. The molecule has 0 spiro atoms. The van der Waals surface area contributed by atoms with Gasteiger partial charge in [0.25, 0.3) is 0 Å². The van der Waals surface area contributed by atoms with Gasteiger partial charge < -0.3 is 25.2 Å². The van der Waals surface area contributed by atoms with Gasteiger partial charge in [0.2, 0.25) is 0 Å². The second-order valence-electron chi connectivity index (χ2n) is 10.2. The van der Waals surface area contributed by atoms with Crippen molar-refractivity contribution in [3.05, 3.63) is 48.9 Å². The number of aliphatic hydroxyl groups is 1. The molecule has 2 amide bonds. The molecule has 2 saturated carbocycles. The van der Waals surface area contributed by atoms with Gasteiger partial charge in [-0.15, -0.1) is 0 Å². The number of nitrogens with one attached hydrogen (secondary N) is 2. The number of amides is 2. The third-order valence-corrected chi connectivity index (χ3v) is 7.71. The van der Waals surface area contributed by atoms with Gasteiger partial charge in [-0.2, -0.15) is 13.2 Å². The van der Waals surface area contributed by atoms with E-state index in [1.807, 2.05) is 10.8 Å². The average Bonchev–Trinajstić information content (AvgIpc) is 3.21. The van der Waals surface area contributed by atoms with Crippen molar-refractivity contribution in [1.82, 2.24) is 29.1 Å². The number of nitrogen functional groups attached to an aromatic ring is 1. The number of alkyl halides is 3. The molecular formula is C25H22F3N9O3. The molecule has 0 bridgehead atoms. The highest BCUT2D eigenvalue weighted by molar-refractivity contribution is 6.03. The third-order valence-electron chi connectivity index (χ3n) is 7.71. The number of anilines is 3. The summed E-state index contributed by atoms with van der Waals surface area (Å²) in [6, 6.07) is 3.88. The predicted molar refractivity (Wildman–Crippen MR) is 137 cm³/mol. The van der Waals surface area contributed by atoms with Crippen LogP contribution in [0.25, 0.3) is 27.9 Å². The summed E-state index contributed by atoms with van der Waals surface area (Å²) in [5, 5.41) is 19.2. The Morgan fingerprint density at radius 3 is 2.67 bits per heavy atom. The Labute approximate surface area is 223 Å². The summed E-state index contributed by atoms with van der Waals surface area (Å²) < 4.78 is 48.8. The fourth-order valence-corrected chi connectivity index (χ4v) is 5.32. The van der Waals surface area contributed by atoms with Crippen molar-refractivity contribution in [1.29, 1.82) is 0 Å². The monoisotopic (exact) mass is 553 g/mol. The van der Waals surface area contributed by atoms with E-state index >= 15 is 0 Å². The largest absolute Gasteiger partial charge is 0.401 e. The molecule has 2 fully saturated rings. The van der Waals surface area contributed by atoms with Crippen molar-refractivity contribution in [2.45, 2.75) is 49.4 Å². The Bertz CT molecular complexity index is 1780. The zero-order valence-corrected chi connectivity index (χ0v) is 20.7. The van der Waals surface area contributed by atoms with Crippen LogP contribution >= 0.6 is 0 Å². The van der Waals surface area contributed by atoms with Crippen LogP contribution in [0, 0.1) is 0 Å². The summed E-state index contributed by atoms with van der Waals surface area (Å²) in [6.45, 7) is 0. The number of nitrogens with zero attached hydrogens (tertiary/aromatic N) is 6. The Balaban J connectivity index is 1.18. The summed E-state index contributed by atoms with van der Waals surface area (Å²) in [5.41, 5.74) is 7.10. The summed E-state index contributed by atoms with van der Waals surface area (Å²) in [5.74, 6) is -0.156. The van der Waals surface area contributed by atoms with Gasteiger partial charge in [0.1, 0.15) is 23.2 Å². The number of aromatic nitrogens is 6. The maximum atomic E-state index is 13.4. The fourth-order valence-electron chi connectivity index (χ4n) is 5.32. The van der Waals surface area contributed by atoms with Gasteiger partial charge >= 0.3 is 12.2 Å². The summed E-state index contributed by atoms with van der Waals surface area (Å²) >= 11 is 0. The van der Waals surface area contributed by atoms with E-state index in [9.17, 15) is 23.1 Å². The Morgan fingerprint density at radius 1 is 1.15 bits per heavy atom. The maximum absolute atomic E-state index is 13.4. The number of urea groups is 1. The molecule has 5 aromatic rings. The molecule has 0 aliphatic heterocycles. The van der Waals surface area contributed by atoms with E-state index in [1.165, 1.54) is 6.33 Å². The van der Waals surface area contributed by atoms with Crippen LogP contribution in [-0.2, 0) is 5.41 Å². The number of nitrogens with two attached hydrogens (primary N) is 1. The van der Waals surface area contributed by atoms with E-state index in [0.29, 0.717) is 46.7 Å². The minimum Gasteiger partial charge on any atom is -0.393 e. The van der Waals surface area contributed by atoms with Crippen molar-refractivity contribution in [2.75, 3.05) is 16.4 Å². The zero-order valence-electron chi connectivity index (χ0n) is 20.7. The Hall–Kier alpha value is -4.66.